The molecule has 2 aromatic rings. The third kappa shape index (κ3) is 6.39. The Morgan fingerprint density at radius 3 is 2.72 bits per heavy atom. The Balaban J connectivity index is 1.48. The summed E-state index contributed by atoms with van der Waals surface area (Å²) in [6.45, 7) is 1.96. The zero-order chi connectivity index (χ0) is 22.9. The summed E-state index contributed by atoms with van der Waals surface area (Å²) in [6.07, 6.45) is 5.66. The Labute approximate surface area is 189 Å². The van der Waals surface area contributed by atoms with Crippen molar-refractivity contribution in [2.24, 2.45) is 5.92 Å². The predicted octanol–water partition coefficient (Wildman–Crippen LogP) is 3.20. The van der Waals surface area contributed by atoms with Gasteiger partial charge in [-0.25, -0.2) is 4.79 Å². The van der Waals surface area contributed by atoms with Crippen LogP contribution in [0.15, 0.2) is 48.7 Å². The number of ether oxygens (including phenoxy) is 1. The third-order valence-corrected chi connectivity index (χ3v) is 5.96. The number of nitrogens with zero attached hydrogens (tertiary/aromatic N) is 3. The Kier molecular flexibility index (Phi) is 8.36. The summed E-state index contributed by atoms with van der Waals surface area (Å²) >= 11 is 0. The van der Waals surface area contributed by atoms with Crippen LogP contribution in [0.5, 0.6) is 0 Å². The molecule has 0 aliphatic carbocycles. The zero-order valence-corrected chi connectivity index (χ0v) is 18.8. The molecule has 1 fully saturated rings. The number of carbonyl (C=O) groups excluding carboxylic acids is 3. The van der Waals surface area contributed by atoms with Crippen LogP contribution in [-0.2, 0) is 16.0 Å². The Morgan fingerprint density at radius 2 is 1.97 bits per heavy atom. The maximum atomic E-state index is 13.0. The lowest BCUT2D eigenvalue weighted by molar-refractivity contribution is -0.130. The number of pyridine rings is 1. The Morgan fingerprint density at radius 1 is 1.16 bits per heavy atom. The molecule has 1 saturated heterocycles. The number of carbonyl (C=O) groups is 3. The van der Waals surface area contributed by atoms with Gasteiger partial charge in [0.1, 0.15) is 0 Å². The van der Waals surface area contributed by atoms with Gasteiger partial charge in [0.05, 0.1) is 12.7 Å². The fourth-order valence-electron chi connectivity index (χ4n) is 4.04. The number of aromatic nitrogens is 1. The van der Waals surface area contributed by atoms with Gasteiger partial charge < -0.3 is 14.5 Å². The van der Waals surface area contributed by atoms with Crippen molar-refractivity contribution in [1.29, 1.82) is 0 Å². The van der Waals surface area contributed by atoms with Gasteiger partial charge in [0, 0.05) is 57.0 Å². The van der Waals surface area contributed by atoms with Crippen LogP contribution in [0.25, 0.3) is 0 Å². The quantitative estimate of drug-likeness (QED) is 0.593. The first-order chi connectivity index (χ1) is 15.5. The topological polar surface area (TPSA) is 79.8 Å². The van der Waals surface area contributed by atoms with Crippen LogP contribution < -0.4 is 0 Å². The van der Waals surface area contributed by atoms with Crippen molar-refractivity contribution in [3.8, 4) is 0 Å². The lowest BCUT2D eigenvalue weighted by atomic mass is 9.92. The lowest BCUT2D eigenvalue weighted by Gasteiger charge is -2.33. The van der Waals surface area contributed by atoms with Crippen molar-refractivity contribution < 1.29 is 19.1 Å². The van der Waals surface area contributed by atoms with Crippen LogP contribution in [0.3, 0.4) is 0 Å². The number of rotatable bonds is 8. The van der Waals surface area contributed by atoms with E-state index in [9.17, 15) is 14.4 Å². The molecule has 0 N–H and O–H groups in total. The first-order valence-corrected chi connectivity index (χ1v) is 11.1. The number of benzene rings is 1. The maximum Gasteiger partial charge on any atom is 0.337 e. The lowest BCUT2D eigenvalue weighted by Crippen LogP contribution is -2.40. The first kappa shape index (κ1) is 23.4. The van der Waals surface area contributed by atoms with E-state index in [1.807, 2.05) is 30.1 Å². The van der Waals surface area contributed by atoms with Crippen molar-refractivity contribution in [1.82, 2.24) is 14.8 Å². The predicted molar refractivity (Wildman–Crippen MR) is 121 cm³/mol. The van der Waals surface area contributed by atoms with Crippen LogP contribution in [0.4, 0.5) is 0 Å². The maximum absolute atomic E-state index is 13.0. The molecule has 1 aliphatic heterocycles. The van der Waals surface area contributed by atoms with Gasteiger partial charge in [-0.3, -0.25) is 14.6 Å². The molecule has 0 spiro atoms. The van der Waals surface area contributed by atoms with E-state index in [0.29, 0.717) is 43.1 Å². The molecule has 2 amide bonds. The van der Waals surface area contributed by atoms with Crippen LogP contribution in [0, 0.1) is 5.92 Å². The molecule has 2 heterocycles. The second-order valence-corrected chi connectivity index (χ2v) is 8.26. The summed E-state index contributed by atoms with van der Waals surface area (Å²) in [4.78, 5) is 45.2. The molecule has 1 atom stereocenters. The van der Waals surface area contributed by atoms with Crippen molar-refractivity contribution in [3.05, 3.63) is 65.5 Å². The van der Waals surface area contributed by atoms with E-state index in [0.717, 1.165) is 31.4 Å². The normalized spacial score (nSPS) is 15.8. The SMILES string of the molecule is COC(=O)c1cccc(C(=O)N2CCC[C@@H](CCC(=O)N(C)CCc3ccccn3)C2)c1. The molecule has 1 aromatic heterocycles. The van der Waals surface area contributed by atoms with Gasteiger partial charge in [0.15, 0.2) is 0 Å². The average Bonchev–Trinajstić information content (AvgIpc) is 2.85. The fraction of sp³-hybridized carbons (Fsp3) is 0.440. The number of likely N-dealkylation sites (tertiary alicyclic amines) is 1. The Hall–Kier alpha value is -3.22. The smallest absolute Gasteiger partial charge is 0.337 e. The van der Waals surface area contributed by atoms with E-state index in [4.69, 9.17) is 4.74 Å². The van der Waals surface area contributed by atoms with Gasteiger partial charge in [-0.2, -0.15) is 0 Å². The highest BCUT2D eigenvalue weighted by Crippen LogP contribution is 2.23. The highest BCUT2D eigenvalue weighted by Gasteiger charge is 2.25. The van der Waals surface area contributed by atoms with Crippen molar-refractivity contribution in [2.45, 2.75) is 32.1 Å². The zero-order valence-electron chi connectivity index (χ0n) is 18.8. The molecule has 170 valence electrons. The van der Waals surface area contributed by atoms with E-state index in [2.05, 4.69) is 4.98 Å². The van der Waals surface area contributed by atoms with Gasteiger partial charge in [-0.1, -0.05) is 12.1 Å². The van der Waals surface area contributed by atoms with Crippen molar-refractivity contribution in [2.75, 3.05) is 33.8 Å². The third-order valence-electron chi connectivity index (χ3n) is 5.96. The molecule has 0 saturated carbocycles. The highest BCUT2D eigenvalue weighted by atomic mass is 16.5. The average molecular weight is 438 g/mol. The van der Waals surface area contributed by atoms with Crippen molar-refractivity contribution >= 4 is 17.8 Å². The number of esters is 1. The van der Waals surface area contributed by atoms with E-state index in [1.165, 1.54) is 7.11 Å². The van der Waals surface area contributed by atoms with E-state index in [1.54, 1.807) is 35.4 Å². The standard InChI is InChI=1S/C25H31N3O4/c1-27(16-13-22-10-3-4-14-26-22)23(29)12-11-19-7-6-15-28(18-19)24(30)20-8-5-9-21(17-20)25(31)32-2/h3-5,8-10,14,17,19H,6-7,11-13,15-16,18H2,1-2H3/t19-/m0/s1. The summed E-state index contributed by atoms with van der Waals surface area (Å²) in [6, 6.07) is 12.4. The molecule has 7 heteroatoms. The first-order valence-electron chi connectivity index (χ1n) is 11.1. The van der Waals surface area contributed by atoms with Crippen LogP contribution in [0.1, 0.15) is 52.1 Å². The van der Waals surface area contributed by atoms with Crippen LogP contribution in [-0.4, -0.2) is 66.4 Å². The number of amides is 2. The summed E-state index contributed by atoms with van der Waals surface area (Å²) in [5.74, 6) is -0.124. The van der Waals surface area contributed by atoms with Crippen molar-refractivity contribution in [3.63, 3.8) is 0 Å². The van der Waals surface area contributed by atoms with Gasteiger partial charge in [0.25, 0.3) is 5.91 Å². The summed E-state index contributed by atoms with van der Waals surface area (Å²) in [5, 5.41) is 0. The molecule has 1 aromatic carbocycles. The van der Waals surface area contributed by atoms with Gasteiger partial charge in [-0.15, -0.1) is 0 Å². The molecular formula is C25H31N3O4. The van der Waals surface area contributed by atoms with Crippen LogP contribution in [0.2, 0.25) is 0 Å². The van der Waals surface area contributed by atoms with E-state index < -0.39 is 5.97 Å². The summed E-state index contributed by atoms with van der Waals surface area (Å²) in [7, 11) is 3.15. The minimum absolute atomic E-state index is 0.0840. The van der Waals surface area contributed by atoms with E-state index >= 15 is 0 Å². The second kappa shape index (κ2) is 11.4. The molecule has 3 rings (SSSR count). The largest absolute Gasteiger partial charge is 0.465 e. The molecule has 7 nitrogen and oxygen atoms in total. The van der Waals surface area contributed by atoms with Crippen LogP contribution >= 0.6 is 0 Å². The number of methoxy groups -OCH3 is 1. The molecule has 0 unspecified atom stereocenters. The summed E-state index contributed by atoms with van der Waals surface area (Å²) in [5.41, 5.74) is 1.83. The number of hydrogen-bond donors (Lipinski definition) is 0. The highest BCUT2D eigenvalue weighted by molar-refractivity contribution is 5.98. The van der Waals surface area contributed by atoms with Gasteiger partial charge >= 0.3 is 5.97 Å². The molecule has 0 radical (unpaired) electrons. The van der Waals surface area contributed by atoms with Gasteiger partial charge in [0.2, 0.25) is 5.91 Å². The molecular weight excluding hydrogens is 406 g/mol. The molecule has 0 bridgehead atoms. The Bertz CT molecular complexity index is 932. The fourth-order valence-corrected chi connectivity index (χ4v) is 4.04. The molecule has 32 heavy (non-hydrogen) atoms. The molecule has 1 aliphatic rings. The number of piperidine rings is 1. The minimum Gasteiger partial charge on any atom is -0.465 e. The van der Waals surface area contributed by atoms with E-state index in [-0.39, 0.29) is 11.8 Å². The van der Waals surface area contributed by atoms with Gasteiger partial charge in [-0.05, 0) is 55.5 Å². The summed E-state index contributed by atoms with van der Waals surface area (Å²) < 4.78 is 4.75. The minimum atomic E-state index is -0.457. The second-order valence-electron chi connectivity index (χ2n) is 8.26. The number of likely N-dealkylation sites (N-methyl/N-ethyl adjacent to an activating group) is 1. The monoisotopic (exact) mass is 437 g/mol. The number of hydrogen-bond acceptors (Lipinski definition) is 5.